The highest BCUT2D eigenvalue weighted by molar-refractivity contribution is 6.05. The van der Waals surface area contributed by atoms with E-state index in [0.29, 0.717) is 22.9 Å². The summed E-state index contributed by atoms with van der Waals surface area (Å²) in [6, 6.07) is 14.2. The summed E-state index contributed by atoms with van der Waals surface area (Å²) in [5.74, 6) is 0.0726. The van der Waals surface area contributed by atoms with Crippen LogP contribution in [0, 0.1) is 18.7 Å². The molecule has 0 aliphatic carbocycles. The van der Waals surface area contributed by atoms with E-state index in [0.717, 1.165) is 18.8 Å². The molecule has 3 aromatic rings. The largest absolute Gasteiger partial charge is 0.371 e. The van der Waals surface area contributed by atoms with Crippen molar-refractivity contribution < 1.29 is 9.18 Å². The average molecular weight is 378 g/mol. The monoisotopic (exact) mass is 378 g/mol. The molecule has 1 atom stereocenters. The third kappa shape index (κ3) is 3.50. The van der Waals surface area contributed by atoms with Crippen LogP contribution in [0.5, 0.6) is 0 Å². The van der Waals surface area contributed by atoms with Crippen molar-refractivity contribution >= 4 is 17.3 Å². The lowest BCUT2D eigenvalue weighted by molar-refractivity contribution is 0.102. The number of benzene rings is 2. The summed E-state index contributed by atoms with van der Waals surface area (Å²) < 4.78 is 15.5. The highest BCUT2D eigenvalue weighted by Gasteiger charge is 2.19. The first-order chi connectivity index (χ1) is 13.5. The van der Waals surface area contributed by atoms with E-state index >= 15 is 0 Å². The van der Waals surface area contributed by atoms with Gasteiger partial charge in [-0.25, -0.2) is 9.07 Å². The first-order valence-electron chi connectivity index (χ1n) is 9.49. The van der Waals surface area contributed by atoms with Crippen LogP contribution < -0.4 is 10.2 Å². The van der Waals surface area contributed by atoms with Crippen molar-refractivity contribution in [1.29, 1.82) is 0 Å². The van der Waals surface area contributed by atoms with Crippen molar-refractivity contribution in [3.05, 3.63) is 71.8 Å². The molecular formula is C22H23FN4O. The molecule has 1 saturated heterocycles. The van der Waals surface area contributed by atoms with Gasteiger partial charge in [-0.1, -0.05) is 19.1 Å². The highest BCUT2D eigenvalue weighted by Crippen LogP contribution is 2.25. The van der Waals surface area contributed by atoms with E-state index in [1.54, 1.807) is 25.1 Å². The van der Waals surface area contributed by atoms with E-state index in [4.69, 9.17) is 0 Å². The van der Waals surface area contributed by atoms with E-state index in [9.17, 15) is 9.18 Å². The van der Waals surface area contributed by atoms with Gasteiger partial charge in [-0.2, -0.15) is 5.10 Å². The molecule has 2 heterocycles. The Morgan fingerprint density at radius 1 is 1.18 bits per heavy atom. The molecule has 1 fully saturated rings. The zero-order valence-electron chi connectivity index (χ0n) is 16.0. The molecule has 28 heavy (non-hydrogen) atoms. The van der Waals surface area contributed by atoms with Gasteiger partial charge in [0.2, 0.25) is 0 Å². The number of hydrogen-bond acceptors (Lipinski definition) is 3. The predicted molar refractivity (Wildman–Crippen MR) is 109 cm³/mol. The summed E-state index contributed by atoms with van der Waals surface area (Å²) in [7, 11) is 0. The molecule has 1 aliphatic rings. The molecule has 1 aromatic heterocycles. The Balaban J connectivity index is 1.49. The van der Waals surface area contributed by atoms with E-state index in [2.05, 4.69) is 22.2 Å². The molecule has 5 nitrogen and oxygen atoms in total. The molecule has 0 spiro atoms. The number of carbonyl (C=O) groups is 1. The van der Waals surface area contributed by atoms with Gasteiger partial charge in [0, 0.05) is 24.5 Å². The quantitative estimate of drug-likeness (QED) is 0.731. The van der Waals surface area contributed by atoms with E-state index in [1.165, 1.54) is 29.1 Å². The van der Waals surface area contributed by atoms with Crippen molar-refractivity contribution in [3.8, 4) is 5.69 Å². The minimum absolute atomic E-state index is 0.261. The maximum Gasteiger partial charge on any atom is 0.259 e. The summed E-state index contributed by atoms with van der Waals surface area (Å²) in [5.41, 5.74) is 3.22. The second-order valence-electron chi connectivity index (χ2n) is 7.35. The standard InChI is InChI=1S/C22H23FN4O/c1-15-11-12-26(14-15)18-9-7-17(8-10-18)25-22(28)19-13-24-27(16(19)2)21-6-4-3-5-20(21)23/h3-10,13,15H,11-12,14H2,1-2H3,(H,25,28). The number of carbonyl (C=O) groups excluding carboxylic acids is 1. The van der Waals surface area contributed by atoms with Crippen LogP contribution in [0.1, 0.15) is 29.4 Å². The lowest BCUT2D eigenvalue weighted by Gasteiger charge is -2.18. The fourth-order valence-corrected chi connectivity index (χ4v) is 3.62. The average Bonchev–Trinajstić information content (AvgIpc) is 3.29. The fraction of sp³-hybridized carbons (Fsp3) is 0.273. The lowest BCUT2D eigenvalue weighted by Crippen LogP contribution is -2.19. The van der Waals surface area contributed by atoms with Gasteiger partial charge in [0.1, 0.15) is 11.5 Å². The molecular weight excluding hydrogens is 355 g/mol. The third-order valence-electron chi connectivity index (χ3n) is 5.25. The van der Waals surface area contributed by atoms with Gasteiger partial charge >= 0.3 is 0 Å². The summed E-state index contributed by atoms with van der Waals surface area (Å²) >= 11 is 0. The summed E-state index contributed by atoms with van der Waals surface area (Å²) in [6.07, 6.45) is 2.68. The summed E-state index contributed by atoms with van der Waals surface area (Å²) in [6.45, 7) is 6.16. The number of aromatic nitrogens is 2. The zero-order chi connectivity index (χ0) is 19.7. The van der Waals surface area contributed by atoms with Crippen molar-refractivity contribution in [2.24, 2.45) is 5.92 Å². The molecule has 1 amide bonds. The Kier molecular flexibility index (Phi) is 4.86. The number of hydrogen-bond donors (Lipinski definition) is 1. The van der Waals surface area contributed by atoms with Gasteiger partial charge in [-0.15, -0.1) is 0 Å². The van der Waals surface area contributed by atoms with Gasteiger partial charge in [-0.05, 0) is 55.7 Å². The molecule has 4 rings (SSSR count). The van der Waals surface area contributed by atoms with Crippen LogP contribution in [0.3, 0.4) is 0 Å². The van der Waals surface area contributed by atoms with E-state index in [-0.39, 0.29) is 11.7 Å². The van der Waals surface area contributed by atoms with Crippen molar-refractivity contribution in [3.63, 3.8) is 0 Å². The van der Waals surface area contributed by atoms with E-state index < -0.39 is 0 Å². The van der Waals surface area contributed by atoms with Crippen LogP contribution in [0.2, 0.25) is 0 Å². The molecule has 144 valence electrons. The summed E-state index contributed by atoms with van der Waals surface area (Å²) in [4.78, 5) is 15.0. The molecule has 0 saturated carbocycles. The van der Waals surface area contributed by atoms with Crippen LogP contribution in [-0.2, 0) is 0 Å². The van der Waals surface area contributed by atoms with Crippen LogP contribution in [0.15, 0.2) is 54.7 Å². The van der Waals surface area contributed by atoms with E-state index in [1.807, 2.05) is 24.3 Å². The van der Waals surface area contributed by atoms with Gasteiger partial charge in [-0.3, -0.25) is 4.79 Å². The van der Waals surface area contributed by atoms with Crippen molar-refractivity contribution in [2.45, 2.75) is 20.3 Å². The maximum absolute atomic E-state index is 14.0. The number of nitrogens with one attached hydrogen (secondary N) is 1. The molecule has 1 aliphatic heterocycles. The van der Waals surface area contributed by atoms with Gasteiger partial charge in [0.25, 0.3) is 5.91 Å². The Morgan fingerprint density at radius 2 is 1.93 bits per heavy atom. The SMILES string of the molecule is Cc1c(C(=O)Nc2ccc(N3CCC(C)C3)cc2)cnn1-c1ccccc1F. The van der Waals surface area contributed by atoms with Crippen LogP contribution >= 0.6 is 0 Å². The Labute approximate surface area is 163 Å². The minimum atomic E-state index is -0.382. The molecule has 0 radical (unpaired) electrons. The van der Waals surface area contributed by atoms with Gasteiger partial charge in [0.05, 0.1) is 17.5 Å². The minimum Gasteiger partial charge on any atom is -0.371 e. The molecule has 0 bridgehead atoms. The number of rotatable bonds is 4. The fourth-order valence-electron chi connectivity index (χ4n) is 3.62. The molecule has 6 heteroatoms. The normalized spacial score (nSPS) is 16.4. The smallest absolute Gasteiger partial charge is 0.259 e. The Hall–Kier alpha value is -3.15. The first kappa shape index (κ1) is 18.2. The van der Waals surface area contributed by atoms with Crippen molar-refractivity contribution in [2.75, 3.05) is 23.3 Å². The number of para-hydroxylation sites is 1. The number of anilines is 2. The highest BCUT2D eigenvalue weighted by atomic mass is 19.1. The maximum atomic E-state index is 14.0. The van der Waals surface area contributed by atoms with Crippen LogP contribution in [-0.4, -0.2) is 28.8 Å². The lowest BCUT2D eigenvalue weighted by atomic mass is 10.2. The molecule has 1 unspecified atom stereocenters. The summed E-state index contributed by atoms with van der Waals surface area (Å²) in [5, 5.41) is 7.09. The topological polar surface area (TPSA) is 50.2 Å². The molecule has 1 N–H and O–H groups in total. The van der Waals surface area contributed by atoms with Crippen LogP contribution in [0.4, 0.5) is 15.8 Å². The second-order valence-corrected chi connectivity index (χ2v) is 7.35. The van der Waals surface area contributed by atoms with Gasteiger partial charge in [0.15, 0.2) is 0 Å². The third-order valence-corrected chi connectivity index (χ3v) is 5.25. The first-order valence-corrected chi connectivity index (χ1v) is 9.49. The predicted octanol–water partition coefficient (Wildman–Crippen LogP) is 4.42. The number of nitrogens with zero attached hydrogens (tertiary/aromatic N) is 3. The number of halogens is 1. The van der Waals surface area contributed by atoms with Gasteiger partial charge < -0.3 is 10.2 Å². The second kappa shape index (κ2) is 7.46. The Morgan fingerprint density at radius 3 is 2.61 bits per heavy atom. The van der Waals surface area contributed by atoms with Crippen LogP contribution in [0.25, 0.3) is 5.69 Å². The molecule has 2 aromatic carbocycles. The zero-order valence-corrected chi connectivity index (χ0v) is 16.0. The van der Waals surface area contributed by atoms with Crippen molar-refractivity contribution in [1.82, 2.24) is 9.78 Å². The number of amides is 1. The Bertz CT molecular complexity index is 996.